The molecule has 4 aromatic heterocycles. The highest BCUT2D eigenvalue weighted by Gasteiger charge is 2.22. The molecular weight excluding hydrogens is 460 g/mol. The quantitative estimate of drug-likeness (QED) is 0.392. The average Bonchev–Trinajstić information content (AvgIpc) is 3.53. The molecule has 0 amide bonds. The minimum absolute atomic E-state index is 0.251. The van der Waals surface area contributed by atoms with Crippen LogP contribution in [0.5, 0.6) is 0 Å². The van der Waals surface area contributed by atoms with Gasteiger partial charge in [0.25, 0.3) is 0 Å². The van der Waals surface area contributed by atoms with Crippen LogP contribution in [-0.2, 0) is 9.47 Å². The van der Waals surface area contributed by atoms with Crippen molar-refractivity contribution in [3.05, 3.63) is 81.1 Å². The Morgan fingerprint density at radius 1 is 0.829 bits per heavy atom. The number of nitrogens with zero attached hydrogens (tertiary/aromatic N) is 6. The highest BCUT2D eigenvalue weighted by molar-refractivity contribution is 5.87. The van der Waals surface area contributed by atoms with Crippen molar-refractivity contribution in [3.8, 4) is 11.4 Å². The van der Waals surface area contributed by atoms with Gasteiger partial charge in [-0.1, -0.05) is 0 Å². The Kier molecular flexibility index (Phi) is 7.34. The molecule has 0 unspecified atom stereocenters. The molecule has 0 fully saturated rings. The zero-order valence-corrected chi connectivity index (χ0v) is 19.3. The fourth-order valence-electron chi connectivity index (χ4n) is 2.55. The van der Waals surface area contributed by atoms with Crippen LogP contribution in [0.15, 0.2) is 58.9 Å². The van der Waals surface area contributed by atoms with Gasteiger partial charge in [-0.05, 0) is 20.8 Å². The second-order valence-electron chi connectivity index (χ2n) is 7.85. The van der Waals surface area contributed by atoms with Crippen LogP contribution in [0.4, 0.5) is 0 Å². The van der Waals surface area contributed by atoms with Crippen molar-refractivity contribution in [3.63, 3.8) is 0 Å². The first kappa shape index (κ1) is 24.8. The molecule has 0 saturated heterocycles. The normalized spacial score (nSPS) is 10.7. The van der Waals surface area contributed by atoms with E-state index in [0.717, 1.165) is 0 Å². The number of hydrogen-bond donors (Lipinski definition) is 2. The third kappa shape index (κ3) is 6.34. The number of aromatic nitrogens is 8. The summed E-state index contributed by atoms with van der Waals surface area (Å²) in [6.07, 6.45) is 9.12. The van der Waals surface area contributed by atoms with Gasteiger partial charge < -0.3 is 9.47 Å². The summed E-state index contributed by atoms with van der Waals surface area (Å²) in [4.78, 5) is 46.1. The van der Waals surface area contributed by atoms with E-state index in [2.05, 4.69) is 35.3 Å². The van der Waals surface area contributed by atoms with Crippen molar-refractivity contribution in [2.75, 3.05) is 7.11 Å². The topological polar surface area (TPSA) is 180 Å². The molecule has 14 heteroatoms. The molecule has 14 nitrogen and oxygen atoms in total. The molecule has 0 saturated carbocycles. The van der Waals surface area contributed by atoms with Gasteiger partial charge >= 0.3 is 11.9 Å². The molecule has 4 rings (SSSR count). The van der Waals surface area contributed by atoms with Crippen molar-refractivity contribution in [2.24, 2.45) is 0 Å². The second-order valence-corrected chi connectivity index (χ2v) is 7.85. The van der Waals surface area contributed by atoms with Gasteiger partial charge in [0.15, 0.2) is 0 Å². The van der Waals surface area contributed by atoms with E-state index in [1.54, 1.807) is 33.2 Å². The summed E-state index contributed by atoms with van der Waals surface area (Å²) in [5.41, 5.74) is -0.915. The molecule has 0 bridgehead atoms. The Bertz CT molecular complexity index is 1420. The van der Waals surface area contributed by atoms with Crippen LogP contribution in [0, 0.1) is 0 Å². The molecule has 0 atom stereocenters. The van der Waals surface area contributed by atoms with E-state index >= 15 is 0 Å². The Hall–Kier alpha value is -4.88. The number of methoxy groups -OCH3 is 1. The third-order valence-corrected chi connectivity index (χ3v) is 4.08. The summed E-state index contributed by atoms with van der Waals surface area (Å²) >= 11 is 0. The molecule has 0 aromatic carbocycles. The maximum atomic E-state index is 11.9. The number of hydrogen-bond acceptors (Lipinski definition) is 10. The highest BCUT2D eigenvalue weighted by atomic mass is 16.6. The minimum atomic E-state index is -0.761. The molecule has 4 heterocycles. The first-order chi connectivity index (χ1) is 16.6. The van der Waals surface area contributed by atoms with Crippen molar-refractivity contribution in [1.29, 1.82) is 0 Å². The van der Waals surface area contributed by atoms with Gasteiger partial charge in [-0.3, -0.25) is 19.8 Å². The summed E-state index contributed by atoms with van der Waals surface area (Å²) in [6.45, 7) is 5.17. The van der Waals surface area contributed by atoms with Crippen molar-refractivity contribution in [1.82, 2.24) is 40.0 Å². The Morgan fingerprint density at radius 2 is 1.29 bits per heavy atom. The molecule has 2 N–H and O–H groups in total. The number of carbonyl (C=O) groups is 2. The largest absolute Gasteiger partial charge is 0.464 e. The standard InChI is InChI=1S/C12H14N4O3.C9H8N4O3/c1-12(2,3)19-11(18)10-9(17)4-5-16(15-10)8-6-13-14-7-8;1-16-9(15)8-7(14)2-3-13(12-8)6-4-10-11-5-6/h4-7H,1-3H3,(H,13,14);2-5H,1H3,(H,10,11). The number of esters is 2. The van der Waals surface area contributed by atoms with Gasteiger partial charge in [-0.25, -0.2) is 19.0 Å². The number of carbonyl (C=O) groups excluding carboxylic acids is 2. The SMILES string of the molecule is CC(C)(C)OC(=O)c1nn(-c2cn[nH]c2)ccc1=O.COC(=O)c1nn(-c2cn[nH]c2)ccc1=O. The lowest BCUT2D eigenvalue weighted by Crippen LogP contribution is -2.29. The molecule has 182 valence electrons. The molecule has 0 radical (unpaired) electrons. The van der Waals surface area contributed by atoms with Crippen LogP contribution in [0.2, 0.25) is 0 Å². The van der Waals surface area contributed by atoms with Crippen molar-refractivity contribution >= 4 is 11.9 Å². The van der Waals surface area contributed by atoms with E-state index in [1.165, 1.54) is 53.4 Å². The van der Waals surface area contributed by atoms with Gasteiger partial charge in [-0.2, -0.15) is 20.4 Å². The third-order valence-electron chi connectivity index (χ3n) is 4.08. The predicted octanol–water partition coefficient (Wildman–Crippen LogP) is 0.653. The Balaban J connectivity index is 0.000000198. The molecule has 0 aliphatic carbocycles. The number of nitrogens with one attached hydrogen (secondary N) is 2. The van der Waals surface area contributed by atoms with E-state index in [-0.39, 0.29) is 11.4 Å². The maximum Gasteiger partial charge on any atom is 0.363 e. The van der Waals surface area contributed by atoms with Gasteiger partial charge in [0.05, 0.1) is 19.5 Å². The number of aromatic amines is 2. The van der Waals surface area contributed by atoms with Gasteiger partial charge in [0.2, 0.25) is 22.2 Å². The monoisotopic (exact) mass is 482 g/mol. The van der Waals surface area contributed by atoms with Gasteiger partial charge in [-0.15, -0.1) is 0 Å². The maximum absolute atomic E-state index is 11.9. The smallest absolute Gasteiger partial charge is 0.363 e. The Labute approximate surface area is 197 Å². The van der Waals surface area contributed by atoms with E-state index in [9.17, 15) is 19.2 Å². The molecule has 0 aliphatic heterocycles. The zero-order valence-electron chi connectivity index (χ0n) is 19.3. The molecule has 35 heavy (non-hydrogen) atoms. The fraction of sp³-hybridized carbons (Fsp3) is 0.238. The van der Waals surface area contributed by atoms with Crippen LogP contribution < -0.4 is 10.9 Å². The van der Waals surface area contributed by atoms with E-state index in [4.69, 9.17) is 4.74 Å². The Morgan fingerprint density at radius 3 is 1.66 bits per heavy atom. The second kappa shape index (κ2) is 10.4. The molecule has 0 aliphatic rings. The van der Waals surface area contributed by atoms with E-state index < -0.39 is 28.4 Å². The lowest BCUT2D eigenvalue weighted by atomic mass is 10.2. The van der Waals surface area contributed by atoms with Crippen LogP contribution in [0.25, 0.3) is 11.4 Å². The van der Waals surface area contributed by atoms with Crippen LogP contribution in [0.1, 0.15) is 41.7 Å². The summed E-state index contributed by atoms with van der Waals surface area (Å²) in [7, 11) is 1.19. The molecule has 4 aromatic rings. The summed E-state index contributed by atoms with van der Waals surface area (Å²) in [5.74, 6) is -1.50. The van der Waals surface area contributed by atoms with Crippen LogP contribution in [0.3, 0.4) is 0 Å². The number of rotatable bonds is 4. The van der Waals surface area contributed by atoms with Gasteiger partial charge in [0, 0.05) is 36.9 Å². The summed E-state index contributed by atoms with van der Waals surface area (Å²) in [5, 5.41) is 20.6. The summed E-state index contributed by atoms with van der Waals surface area (Å²) in [6, 6.07) is 2.51. The minimum Gasteiger partial charge on any atom is -0.464 e. The first-order valence-corrected chi connectivity index (χ1v) is 10.1. The van der Waals surface area contributed by atoms with E-state index in [1.807, 2.05) is 0 Å². The predicted molar refractivity (Wildman–Crippen MR) is 120 cm³/mol. The number of H-pyrrole nitrogens is 2. The fourth-order valence-corrected chi connectivity index (χ4v) is 2.55. The molecule has 0 spiro atoms. The highest BCUT2D eigenvalue weighted by Crippen LogP contribution is 2.09. The average molecular weight is 482 g/mol. The lowest BCUT2D eigenvalue weighted by Gasteiger charge is -2.18. The van der Waals surface area contributed by atoms with Crippen LogP contribution >= 0.6 is 0 Å². The summed E-state index contributed by atoms with van der Waals surface area (Å²) < 4.78 is 12.3. The number of ether oxygens (including phenoxy) is 2. The van der Waals surface area contributed by atoms with Crippen molar-refractivity contribution < 1.29 is 19.1 Å². The zero-order chi connectivity index (χ0) is 25.6. The van der Waals surface area contributed by atoms with Gasteiger partial charge in [0.1, 0.15) is 17.0 Å². The van der Waals surface area contributed by atoms with Crippen molar-refractivity contribution in [2.45, 2.75) is 26.4 Å². The molecular formula is C21H22N8O6. The lowest BCUT2D eigenvalue weighted by molar-refractivity contribution is 0.00590. The first-order valence-electron chi connectivity index (χ1n) is 10.1. The van der Waals surface area contributed by atoms with Crippen LogP contribution in [-0.4, -0.2) is 64.6 Å². The van der Waals surface area contributed by atoms with E-state index in [0.29, 0.717) is 11.4 Å².